The number of nitrogen functional groups attached to an aromatic ring is 1. The molecule has 8 heteroatoms. The standard InChI is InChI=1S/C19H22BF3N2O2/c1-17(2)18(3,4)27-20(26-17)15-11-13(24)7-10-16(15)25-14-8-5-12(6-9-14)19(21,22)23/h5-11,25H,24H2,1-4H3. The summed E-state index contributed by atoms with van der Waals surface area (Å²) in [6.45, 7) is 7.79. The second kappa shape index (κ2) is 6.46. The Labute approximate surface area is 157 Å². The Morgan fingerprint density at radius 2 is 1.48 bits per heavy atom. The number of hydrogen-bond acceptors (Lipinski definition) is 4. The van der Waals surface area contributed by atoms with Crippen LogP contribution in [0.1, 0.15) is 33.3 Å². The predicted octanol–water partition coefficient (Wildman–Crippen LogP) is 4.33. The van der Waals surface area contributed by atoms with Gasteiger partial charge in [0.2, 0.25) is 0 Å². The number of nitrogens with two attached hydrogens (primary N) is 1. The first-order valence-electron chi connectivity index (χ1n) is 8.58. The van der Waals surface area contributed by atoms with Crippen LogP contribution < -0.4 is 16.5 Å². The molecule has 27 heavy (non-hydrogen) atoms. The van der Waals surface area contributed by atoms with Crippen LogP contribution in [0, 0.1) is 0 Å². The Bertz CT molecular complexity index is 820. The van der Waals surface area contributed by atoms with E-state index in [0.29, 0.717) is 22.5 Å². The smallest absolute Gasteiger partial charge is 0.399 e. The topological polar surface area (TPSA) is 56.5 Å². The van der Waals surface area contributed by atoms with Gasteiger partial charge in [-0.25, -0.2) is 0 Å². The highest BCUT2D eigenvalue weighted by Gasteiger charge is 2.52. The van der Waals surface area contributed by atoms with Crippen molar-refractivity contribution >= 4 is 29.6 Å². The van der Waals surface area contributed by atoms with Crippen LogP contribution in [0.15, 0.2) is 42.5 Å². The van der Waals surface area contributed by atoms with Gasteiger partial charge in [-0.1, -0.05) is 0 Å². The predicted molar refractivity (Wildman–Crippen MR) is 101 cm³/mol. The van der Waals surface area contributed by atoms with Gasteiger partial charge in [0.1, 0.15) is 0 Å². The van der Waals surface area contributed by atoms with E-state index in [0.717, 1.165) is 12.1 Å². The minimum Gasteiger partial charge on any atom is -0.399 e. The summed E-state index contributed by atoms with van der Waals surface area (Å²) in [5.74, 6) is 0. The lowest BCUT2D eigenvalue weighted by Crippen LogP contribution is -2.41. The van der Waals surface area contributed by atoms with E-state index in [1.807, 2.05) is 27.7 Å². The number of benzene rings is 2. The van der Waals surface area contributed by atoms with E-state index >= 15 is 0 Å². The summed E-state index contributed by atoms with van der Waals surface area (Å²) in [6, 6.07) is 10.0. The third-order valence-corrected chi connectivity index (χ3v) is 5.07. The molecule has 1 fully saturated rings. The fraction of sp³-hybridized carbons (Fsp3) is 0.368. The summed E-state index contributed by atoms with van der Waals surface area (Å²) in [5, 5.41) is 3.13. The Kier molecular flexibility index (Phi) is 4.68. The van der Waals surface area contributed by atoms with Gasteiger partial charge in [0.15, 0.2) is 0 Å². The van der Waals surface area contributed by atoms with Crippen LogP contribution in [0.5, 0.6) is 0 Å². The lowest BCUT2D eigenvalue weighted by Gasteiger charge is -2.32. The van der Waals surface area contributed by atoms with E-state index in [1.54, 1.807) is 18.2 Å². The molecule has 0 bridgehead atoms. The fourth-order valence-electron chi connectivity index (χ4n) is 2.76. The maximum absolute atomic E-state index is 12.7. The first-order valence-corrected chi connectivity index (χ1v) is 8.58. The first kappa shape index (κ1) is 19.6. The first-order chi connectivity index (χ1) is 12.4. The fourth-order valence-corrected chi connectivity index (χ4v) is 2.76. The minimum absolute atomic E-state index is 0.519. The molecular weight excluding hydrogens is 356 g/mol. The second-order valence-corrected chi connectivity index (χ2v) is 7.64. The zero-order chi connectivity index (χ0) is 20.0. The van der Waals surface area contributed by atoms with Gasteiger partial charge < -0.3 is 20.4 Å². The Hall–Kier alpha value is -2.19. The van der Waals surface area contributed by atoms with E-state index in [4.69, 9.17) is 15.0 Å². The lowest BCUT2D eigenvalue weighted by atomic mass is 9.77. The van der Waals surface area contributed by atoms with E-state index < -0.39 is 30.1 Å². The van der Waals surface area contributed by atoms with Crippen molar-refractivity contribution in [2.24, 2.45) is 0 Å². The quantitative estimate of drug-likeness (QED) is 0.617. The number of alkyl halides is 3. The molecule has 0 aromatic heterocycles. The molecule has 0 aliphatic carbocycles. The number of rotatable bonds is 3. The molecule has 1 aliphatic heterocycles. The third-order valence-electron chi connectivity index (χ3n) is 5.07. The number of hydrogen-bond donors (Lipinski definition) is 2. The molecule has 2 aromatic carbocycles. The van der Waals surface area contributed by atoms with E-state index in [-0.39, 0.29) is 0 Å². The average Bonchev–Trinajstić information content (AvgIpc) is 2.77. The monoisotopic (exact) mass is 378 g/mol. The molecule has 0 saturated carbocycles. The van der Waals surface area contributed by atoms with Gasteiger partial charge in [-0.15, -0.1) is 0 Å². The highest BCUT2D eigenvalue weighted by atomic mass is 19.4. The van der Waals surface area contributed by atoms with E-state index in [1.165, 1.54) is 12.1 Å². The van der Waals surface area contributed by atoms with Crippen LogP contribution in [-0.2, 0) is 15.5 Å². The summed E-state index contributed by atoms with van der Waals surface area (Å²) in [5.41, 5.74) is 6.59. The Morgan fingerprint density at radius 1 is 0.926 bits per heavy atom. The van der Waals surface area contributed by atoms with Gasteiger partial charge in [-0.3, -0.25) is 0 Å². The third kappa shape index (κ3) is 3.91. The van der Waals surface area contributed by atoms with Crippen LogP contribution in [0.25, 0.3) is 0 Å². The molecule has 0 unspecified atom stereocenters. The lowest BCUT2D eigenvalue weighted by molar-refractivity contribution is -0.137. The van der Waals surface area contributed by atoms with E-state index in [9.17, 15) is 13.2 Å². The molecule has 144 valence electrons. The summed E-state index contributed by atoms with van der Waals surface area (Å²) < 4.78 is 50.4. The van der Waals surface area contributed by atoms with Gasteiger partial charge in [-0.2, -0.15) is 13.2 Å². The van der Waals surface area contributed by atoms with Crippen molar-refractivity contribution in [3.05, 3.63) is 48.0 Å². The van der Waals surface area contributed by atoms with Crippen LogP contribution in [-0.4, -0.2) is 18.3 Å². The molecule has 3 N–H and O–H groups in total. The largest absolute Gasteiger partial charge is 0.497 e. The second-order valence-electron chi connectivity index (χ2n) is 7.64. The Morgan fingerprint density at radius 3 is 2.00 bits per heavy atom. The maximum Gasteiger partial charge on any atom is 0.497 e. The van der Waals surface area contributed by atoms with Crippen LogP contribution in [0.4, 0.5) is 30.2 Å². The Balaban J connectivity index is 1.89. The van der Waals surface area contributed by atoms with Crippen molar-refractivity contribution < 1.29 is 22.5 Å². The zero-order valence-corrected chi connectivity index (χ0v) is 15.6. The molecule has 0 spiro atoms. The minimum atomic E-state index is -4.37. The van der Waals surface area contributed by atoms with Crippen molar-refractivity contribution in [2.45, 2.75) is 45.1 Å². The molecule has 2 aromatic rings. The van der Waals surface area contributed by atoms with Crippen LogP contribution in [0.2, 0.25) is 0 Å². The molecule has 1 heterocycles. The highest BCUT2D eigenvalue weighted by Crippen LogP contribution is 2.37. The molecule has 3 rings (SSSR count). The van der Waals surface area contributed by atoms with Crippen molar-refractivity contribution in [1.82, 2.24) is 0 Å². The zero-order valence-electron chi connectivity index (χ0n) is 15.6. The SMILES string of the molecule is CC1(C)OB(c2cc(N)ccc2Nc2ccc(C(F)(F)F)cc2)OC1(C)C. The van der Waals surface area contributed by atoms with E-state index in [2.05, 4.69) is 5.32 Å². The molecule has 1 aliphatic rings. The van der Waals surface area contributed by atoms with Crippen molar-refractivity contribution in [2.75, 3.05) is 11.1 Å². The summed E-state index contributed by atoms with van der Waals surface area (Å²) in [7, 11) is -0.643. The number of nitrogens with one attached hydrogen (secondary N) is 1. The molecule has 4 nitrogen and oxygen atoms in total. The van der Waals surface area contributed by atoms with Gasteiger partial charge in [0.25, 0.3) is 0 Å². The average molecular weight is 378 g/mol. The van der Waals surface area contributed by atoms with Gasteiger partial charge in [-0.05, 0) is 70.2 Å². The van der Waals surface area contributed by atoms with Gasteiger partial charge in [0, 0.05) is 22.5 Å². The van der Waals surface area contributed by atoms with Gasteiger partial charge >= 0.3 is 13.3 Å². The van der Waals surface area contributed by atoms with Crippen LogP contribution in [0.3, 0.4) is 0 Å². The molecule has 0 amide bonds. The van der Waals surface area contributed by atoms with Crippen LogP contribution >= 0.6 is 0 Å². The molecule has 0 atom stereocenters. The maximum atomic E-state index is 12.7. The number of halogens is 3. The summed E-state index contributed by atoms with van der Waals surface area (Å²) in [6.07, 6.45) is -4.37. The molecule has 0 radical (unpaired) electrons. The van der Waals surface area contributed by atoms with Gasteiger partial charge in [0.05, 0.1) is 16.8 Å². The summed E-state index contributed by atoms with van der Waals surface area (Å²) >= 11 is 0. The normalized spacial score (nSPS) is 18.6. The molecular formula is C19H22BF3N2O2. The van der Waals surface area contributed by atoms with Crippen molar-refractivity contribution in [3.63, 3.8) is 0 Å². The van der Waals surface area contributed by atoms with Crippen molar-refractivity contribution in [3.8, 4) is 0 Å². The molecule has 1 saturated heterocycles. The number of anilines is 3. The van der Waals surface area contributed by atoms with Crippen molar-refractivity contribution in [1.29, 1.82) is 0 Å². The highest BCUT2D eigenvalue weighted by molar-refractivity contribution is 6.64. The summed E-state index contributed by atoms with van der Waals surface area (Å²) in [4.78, 5) is 0.